The summed E-state index contributed by atoms with van der Waals surface area (Å²) >= 11 is 3.89. The van der Waals surface area contributed by atoms with E-state index in [0.29, 0.717) is 18.3 Å². The molecule has 0 saturated carbocycles. The fourth-order valence-corrected chi connectivity index (χ4v) is 0.726. The first-order chi connectivity index (χ1) is 5.57. The summed E-state index contributed by atoms with van der Waals surface area (Å²) in [5, 5.41) is 0. The van der Waals surface area contributed by atoms with Gasteiger partial charge in [0.1, 0.15) is 6.04 Å². The van der Waals surface area contributed by atoms with Crippen LogP contribution in [-0.4, -0.2) is 24.4 Å². The monoisotopic (exact) mass is 191 g/mol. The van der Waals surface area contributed by atoms with E-state index in [1.165, 1.54) is 0 Å². The number of esters is 1. The first kappa shape index (κ1) is 11.8. The van der Waals surface area contributed by atoms with E-state index in [2.05, 4.69) is 26.5 Å². The fourth-order valence-electron chi connectivity index (χ4n) is 0.577. The minimum Gasteiger partial charge on any atom is -0.465 e. The summed E-state index contributed by atoms with van der Waals surface area (Å²) in [5.41, 5.74) is 5.38. The SMILES string of the molecule is CC(C)CCOC(=O)[C@@H](N)CS. The van der Waals surface area contributed by atoms with E-state index in [1.807, 2.05) is 0 Å². The topological polar surface area (TPSA) is 52.3 Å². The molecule has 3 nitrogen and oxygen atoms in total. The van der Waals surface area contributed by atoms with Crippen LogP contribution in [0.2, 0.25) is 0 Å². The zero-order valence-electron chi connectivity index (χ0n) is 7.62. The van der Waals surface area contributed by atoms with Crippen LogP contribution in [0.15, 0.2) is 0 Å². The Balaban J connectivity index is 3.44. The molecule has 0 aromatic carbocycles. The van der Waals surface area contributed by atoms with Gasteiger partial charge in [0.2, 0.25) is 0 Å². The molecule has 72 valence electrons. The Hall–Kier alpha value is -0.220. The normalized spacial score (nSPS) is 13.1. The lowest BCUT2D eigenvalue weighted by Gasteiger charge is -2.09. The quantitative estimate of drug-likeness (QED) is 0.500. The molecule has 2 N–H and O–H groups in total. The summed E-state index contributed by atoms with van der Waals surface area (Å²) in [6.45, 7) is 4.61. The van der Waals surface area contributed by atoms with Crippen molar-refractivity contribution in [2.75, 3.05) is 12.4 Å². The Morgan fingerprint density at radius 2 is 2.17 bits per heavy atom. The van der Waals surface area contributed by atoms with Crippen molar-refractivity contribution in [2.24, 2.45) is 11.7 Å². The van der Waals surface area contributed by atoms with Crippen molar-refractivity contribution in [3.63, 3.8) is 0 Å². The molecule has 12 heavy (non-hydrogen) atoms. The van der Waals surface area contributed by atoms with Gasteiger partial charge in [0.15, 0.2) is 0 Å². The highest BCUT2D eigenvalue weighted by molar-refractivity contribution is 7.80. The lowest BCUT2D eigenvalue weighted by molar-refractivity contribution is -0.144. The zero-order chi connectivity index (χ0) is 9.56. The average Bonchev–Trinajstić information content (AvgIpc) is 2.02. The molecule has 0 rings (SSSR count). The molecule has 0 aliphatic heterocycles. The predicted octanol–water partition coefficient (Wildman–Crippen LogP) is 0.833. The van der Waals surface area contributed by atoms with Crippen LogP contribution in [0.1, 0.15) is 20.3 Å². The highest BCUT2D eigenvalue weighted by atomic mass is 32.1. The summed E-state index contributed by atoms with van der Waals surface area (Å²) in [6, 6.07) is -0.583. The van der Waals surface area contributed by atoms with E-state index in [0.717, 1.165) is 6.42 Å². The Bertz CT molecular complexity index is 139. The molecule has 0 bridgehead atoms. The van der Waals surface area contributed by atoms with Gasteiger partial charge < -0.3 is 10.5 Å². The van der Waals surface area contributed by atoms with Gasteiger partial charge in [-0.1, -0.05) is 13.8 Å². The third kappa shape index (κ3) is 5.43. The van der Waals surface area contributed by atoms with Crippen LogP contribution in [0.5, 0.6) is 0 Å². The molecule has 0 saturated heterocycles. The van der Waals surface area contributed by atoms with Gasteiger partial charge >= 0.3 is 5.97 Å². The van der Waals surface area contributed by atoms with Gasteiger partial charge in [0.05, 0.1) is 6.61 Å². The number of hydrogen-bond donors (Lipinski definition) is 2. The van der Waals surface area contributed by atoms with Crippen LogP contribution in [-0.2, 0) is 9.53 Å². The molecule has 0 fully saturated rings. The molecule has 0 spiro atoms. The molecule has 0 aromatic heterocycles. The smallest absolute Gasteiger partial charge is 0.323 e. The van der Waals surface area contributed by atoms with E-state index < -0.39 is 6.04 Å². The third-order valence-corrected chi connectivity index (χ3v) is 1.83. The second kappa shape index (κ2) is 6.31. The standard InChI is InChI=1S/C8H17NO2S/c1-6(2)3-4-11-8(10)7(9)5-12/h6-7,12H,3-5,9H2,1-2H3/t7-/m0/s1. The minimum atomic E-state index is -0.583. The second-order valence-electron chi connectivity index (χ2n) is 3.14. The Kier molecular flexibility index (Phi) is 6.20. The maximum absolute atomic E-state index is 11.0. The number of hydrogen-bond acceptors (Lipinski definition) is 4. The first-order valence-corrected chi connectivity index (χ1v) is 4.74. The summed E-state index contributed by atoms with van der Waals surface area (Å²) in [4.78, 5) is 11.0. The molecule has 0 radical (unpaired) electrons. The number of carbonyl (C=O) groups is 1. The molecule has 0 aliphatic rings. The molecule has 4 heteroatoms. The second-order valence-corrected chi connectivity index (χ2v) is 3.50. The Morgan fingerprint density at radius 3 is 2.58 bits per heavy atom. The first-order valence-electron chi connectivity index (χ1n) is 4.11. The van der Waals surface area contributed by atoms with Gasteiger partial charge in [-0.05, 0) is 12.3 Å². The molecular formula is C8H17NO2S. The molecule has 0 aromatic rings. The van der Waals surface area contributed by atoms with Gasteiger partial charge in [0, 0.05) is 5.75 Å². The Labute approximate surface area is 79.1 Å². The van der Waals surface area contributed by atoms with Crippen LogP contribution in [0.25, 0.3) is 0 Å². The summed E-state index contributed by atoms with van der Waals surface area (Å²) < 4.78 is 4.89. The highest BCUT2D eigenvalue weighted by Crippen LogP contribution is 1.99. The number of ether oxygens (including phenoxy) is 1. The highest BCUT2D eigenvalue weighted by Gasteiger charge is 2.12. The van der Waals surface area contributed by atoms with Crippen LogP contribution >= 0.6 is 12.6 Å². The predicted molar refractivity (Wildman–Crippen MR) is 52.2 cm³/mol. The van der Waals surface area contributed by atoms with E-state index in [1.54, 1.807) is 0 Å². The van der Waals surface area contributed by atoms with Crippen LogP contribution in [0, 0.1) is 5.92 Å². The van der Waals surface area contributed by atoms with Gasteiger partial charge in [-0.25, -0.2) is 0 Å². The van der Waals surface area contributed by atoms with Crippen molar-refractivity contribution < 1.29 is 9.53 Å². The lowest BCUT2D eigenvalue weighted by atomic mass is 10.1. The summed E-state index contributed by atoms with van der Waals surface area (Å²) in [5.74, 6) is 0.524. The van der Waals surface area contributed by atoms with Crippen molar-refractivity contribution in [1.29, 1.82) is 0 Å². The lowest BCUT2D eigenvalue weighted by Crippen LogP contribution is -2.34. The van der Waals surface area contributed by atoms with Gasteiger partial charge in [-0.2, -0.15) is 12.6 Å². The van der Waals surface area contributed by atoms with E-state index >= 15 is 0 Å². The molecule has 0 unspecified atom stereocenters. The van der Waals surface area contributed by atoms with Gasteiger partial charge in [-0.3, -0.25) is 4.79 Å². The fraction of sp³-hybridized carbons (Fsp3) is 0.875. The van der Waals surface area contributed by atoms with Crippen LogP contribution in [0.4, 0.5) is 0 Å². The average molecular weight is 191 g/mol. The largest absolute Gasteiger partial charge is 0.465 e. The Morgan fingerprint density at radius 1 is 1.58 bits per heavy atom. The number of rotatable bonds is 5. The minimum absolute atomic E-state index is 0.334. The van der Waals surface area contributed by atoms with Crippen LogP contribution in [0.3, 0.4) is 0 Å². The van der Waals surface area contributed by atoms with Crippen molar-refractivity contribution in [2.45, 2.75) is 26.3 Å². The number of thiol groups is 1. The molecular weight excluding hydrogens is 174 g/mol. The summed E-state index contributed by atoms with van der Waals surface area (Å²) in [7, 11) is 0. The van der Waals surface area contributed by atoms with E-state index in [4.69, 9.17) is 10.5 Å². The zero-order valence-corrected chi connectivity index (χ0v) is 8.51. The van der Waals surface area contributed by atoms with E-state index in [9.17, 15) is 4.79 Å². The summed E-state index contributed by atoms with van der Waals surface area (Å²) in [6.07, 6.45) is 0.880. The molecule has 0 heterocycles. The van der Waals surface area contributed by atoms with Crippen molar-refractivity contribution in [1.82, 2.24) is 0 Å². The number of carbonyl (C=O) groups excluding carboxylic acids is 1. The maximum Gasteiger partial charge on any atom is 0.323 e. The third-order valence-electron chi connectivity index (χ3n) is 1.44. The maximum atomic E-state index is 11.0. The van der Waals surface area contributed by atoms with Gasteiger partial charge in [0.25, 0.3) is 0 Å². The van der Waals surface area contributed by atoms with Crippen LogP contribution < -0.4 is 5.73 Å². The van der Waals surface area contributed by atoms with Crippen molar-refractivity contribution in [3.05, 3.63) is 0 Å². The van der Waals surface area contributed by atoms with Gasteiger partial charge in [-0.15, -0.1) is 0 Å². The molecule has 1 atom stereocenters. The van der Waals surface area contributed by atoms with E-state index in [-0.39, 0.29) is 5.97 Å². The molecule has 0 aliphatic carbocycles. The van der Waals surface area contributed by atoms with Crippen molar-refractivity contribution >= 4 is 18.6 Å². The molecule has 0 amide bonds. The van der Waals surface area contributed by atoms with Crippen molar-refractivity contribution in [3.8, 4) is 0 Å². The number of nitrogens with two attached hydrogens (primary N) is 1.